The highest BCUT2D eigenvalue weighted by Crippen LogP contribution is 2.14. The number of hydrogen-bond donors (Lipinski definition) is 1. The van der Waals surface area contributed by atoms with E-state index in [4.69, 9.17) is 0 Å². The zero-order valence-corrected chi connectivity index (χ0v) is 17.5. The topological polar surface area (TPSA) is 32.9 Å². The van der Waals surface area contributed by atoms with Gasteiger partial charge in [0.2, 0.25) is 0 Å². The largest absolute Gasteiger partial charge is 0.358 e. The molecule has 0 aliphatic heterocycles. The van der Waals surface area contributed by atoms with Crippen LogP contribution < -0.4 is 5.43 Å². The second-order valence-electron chi connectivity index (χ2n) is 7.77. The highest BCUT2D eigenvalue weighted by molar-refractivity contribution is 5.79. The third-order valence-corrected chi connectivity index (χ3v) is 5.00. The Kier molecular flexibility index (Phi) is 7.84. The van der Waals surface area contributed by atoms with Crippen molar-refractivity contribution in [2.24, 2.45) is 0 Å². The standard InChI is InChI=1S/C25H33NO/c1-18(2)10-8-11-19(3)12-9-13-20(4)16-17-22-21(5)26-24-15-7-6-14-23(24)25(22)27/h6-7,10,12,14-16H,8-9,11,13,17H2,1-5H3,(H,26,27)/b19-12+,20-16-. The summed E-state index contributed by atoms with van der Waals surface area (Å²) in [6.07, 6.45) is 11.9. The molecular formula is C25H33NO. The summed E-state index contributed by atoms with van der Waals surface area (Å²) in [6, 6.07) is 7.73. The number of aryl methyl sites for hydroxylation is 1. The van der Waals surface area contributed by atoms with Gasteiger partial charge in [0.05, 0.1) is 0 Å². The van der Waals surface area contributed by atoms with Gasteiger partial charge in [0.1, 0.15) is 0 Å². The van der Waals surface area contributed by atoms with E-state index >= 15 is 0 Å². The van der Waals surface area contributed by atoms with Gasteiger partial charge < -0.3 is 4.98 Å². The zero-order valence-electron chi connectivity index (χ0n) is 17.5. The highest BCUT2D eigenvalue weighted by Gasteiger charge is 2.07. The molecule has 1 aromatic carbocycles. The molecule has 1 aromatic heterocycles. The molecule has 0 radical (unpaired) electrons. The summed E-state index contributed by atoms with van der Waals surface area (Å²) in [5.41, 5.74) is 7.11. The molecule has 0 aliphatic carbocycles. The van der Waals surface area contributed by atoms with Crippen LogP contribution in [0.1, 0.15) is 64.6 Å². The lowest BCUT2D eigenvalue weighted by Crippen LogP contribution is -2.12. The molecule has 0 saturated heterocycles. The summed E-state index contributed by atoms with van der Waals surface area (Å²) >= 11 is 0. The van der Waals surface area contributed by atoms with E-state index < -0.39 is 0 Å². The first-order valence-corrected chi connectivity index (χ1v) is 9.93. The number of hydrogen-bond acceptors (Lipinski definition) is 1. The Labute approximate surface area is 163 Å². The van der Waals surface area contributed by atoms with Gasteiger partial charge in [-0.3, -0.25) is 4.79 Å². The summed E-state index contributed by atoms with van der Waals surface area (Å²) in [5, 5.41) is 0.777. The van der Waals surface area contributed by atoms with Crippen LogP contribution in [-0.4, -0.2) is 4.98 Å². The molecule has 0 fully saturated rings. The molecule has 0 atom stereocenters. The van der Waals surface area contributed by atoms with Crippen molar-refractivity contribution in [3.63, 3.8) is 0 Å². The van der Waals surface area contributed by atoms with Gasteiger partial charge in [-0.05, 0) is 78.9 Å². The van der Waals surface area contributed by atoms with Crippen molar-refractivity contribution < 1.29 is 0 Å². The minimum Gasteiger partial charge on any atom is -0.358 e. The monoisotopic (exact) mass is 363 g/mol. The van der Waals surface area contributed by atoms with Gasteiger partial charge in [-0.25, -0.2) is 0 Å². The van der Waals surface area contributed by atoms with E-state index in [-0.39, 0.29) is 5.43 Å². The van der Waals surface area contributed by atoms with Gasteiger partial charge in [0.25, 0.3) is 0 Å². The average Bonchev–Trinajstić information content (AvgIpc) is 2.61. The van der Waals surface area contributed by atoms with Gasteiger partial charge >= 0.3 is 0 Å². The van der Waals surface area contributed by atoms with Crippen LogP contribution in [0.5, 0.6) is 0 Å². The fraction of sp³-hybridized carbons (Fsp3) is 0.400. The first-order valence-electron chi connectivity index (χ1n) is 9.93. The van der Waals surface area contributed by atoms with Crippen molar-refractivity contribution in [3.05, 3.63) is 80.7 Å². The van der Waals surface area contributed by atoms with Crippen LogP contribution in [0, 0.1) is 6.92 Å². The van der Waals surface area contributed by atoms with Gasteiger partial charge in [-0.1, -0.05) is 47.1 Å². The van der Waals surface area contributed by atoms with Crippen molar-refractivity contribution in [1.82, 2.24) is 4.98 Å². The van der Waals surface area contributed by atoms with E-state index in [1.165, 1.54) is 16.7 Å². The van der Waals surface area contributed by atoms with Gasteiger partial charge in [0.15, 0.2) is 5.43 Å². The lowest BCUT2D eigenvalue weighted by Gasteiger charge is -2.07. The predicted molar refractivity (Wildman–Crippen MR) is 118 cm³/mol. The van der Waals surface area contributed by atoms with Crippen LogP contribution >= 0.6 is 0 Å². The number of fused-ring (bicyclic) bond motifs is 1. The molecule has 0 aliphatic rings. The Morgan fingerprint density at radius 3 is 2.26 bits per heavy atom. The van der Waals surface area contributed by atoms with E-state index in [2.05, 4.69) is 50.9 Å². The van der Waals surface area contributed by atoms with Crippen LogP contribution in [-0.2, 0) is 6.42 Å². The number of rotatable bonds is 8. The quantitative estimate of drug-likeness (QED) is 0.514. The molecule has 2 nitrogen and oxygen atoms in total. The number of nitrogens with one attached hydrogen (secondary N) is 1. The number of aromatic nitrogens is 1. The number of pyridine rings is 1. The fourth-order valence-electron chi connectivity index (χ4n) is 3.26. The molecule has 1 N–H and O–H groups in total. The van der Waals surface area contributed by atoms with Crippen LogP contribution in [0.2, 0.25) is 0 Å². The lowest BCUT2D eigenvalue weighted by atomic mass is 10.0. The summed E-state index contributed by atoms with van der Waals surface area (Å²) in [5.74, 6) is 0. The first-order chi connectivity index (χ1) is 12.9. The van der Waals surface area contributed by atoms with Gasteiger partial charge in [-0.2, -0.15) is 0 Å². The molecule has 27 heavy (non-hydrogen) atoms. The van der Waals surface area contributed by atoms with Crippen molar-refractivity contribution in [3.8, 4) is 0 Å². The maximum absolute atomic E-state index is 12.7. The van der Waals surface area contributed by atoms with E-state index in [0.717, 1.165) is 47.8 Å². The van der Waals surface area contributed by atoms with Crippen molar-refractivity contribution in [1.29, 1.82) is 0 Å². The van der Waals surface area contributed by atoms with E-state index in [1.54, 1.807) is 0 Å². The number of benzene rings is 1. The van der Waals surface area contributed by atoms with Crippen molar-refractivity contribution >= 4 is 10.9 Å². The first kappa shape index (κ1) is 21.0. The maximum atomic E-state index is 12.7. The van der Waals surface area contributed by atoms with E-state index in [1.807, 2.05) is 31.2 Å². The van der Waals surface area contributed by atoms with Gasteiger partial charge in [-0.15, -0.1) is 0 Å². The molecule has 0 spiro atoms. The molecule has 0 bridgehead atoms. The number of aromatic amines is 1. The number of para-hydroxylation sites is 1. The number of H-pyrrole nitrogens is 1. The molecule has 0 saturated carbocycles. The van der Waals surface area contributed by atoms with E-state index in [0.29, 0.717) is 6.42 Å². The highest BCUT2D eigenvalue weighted by atomic mass is 16.1. The molecular weight excluding hydrogens is 330 g/mol. The predicted octanol–water partition coefficient (Wildman–Crippen LogP) is 6.80. The third-order valence-electron chi connectivity index (χ3n) is 5.00. The molecule has 2 rings (SSSR count). The Bertz CT molecular complexity index is 921. The lowest BCUT2D eigenvalue weighted by molar-refractivity contribution is 0.913. The molecule has 1 heterocycles. The summed E-state index contributed by atoms with van der Waals surface area (Å²) in [4.78, 5) is 16.1. The average molecular weight is 364 g/mol. The Hall–Kier alpha value is -2.35. The maximum Gasteiger partial charge on any atom is 0.193 e. The smallest absolute Gasteiger partial charge is 0.193 e. The summed E-state index contributed by atoms with van der Waals surface area (Å²) in [7, 11) is 0. The van der Waals surface area contributed by atoms with Crippen LogP contribution in [0.3, 0.4) is 0 Å². The Morgan fingerprint density at radius 2 is 1.56 bits per heavy atom. The van der Waals surface area contributed by atoms with Crippen LogP contribution in [0.25, 0.3) is 10.9 Å². The van der Waals surface area contributed by atoms with Crippen molar-refractivity contribution in [2.75, 3.05) is 0 Å². The Balaban J connectivity index is 1.97. The second-order valence-corrected chi connectivity index (χ2v) is 7.77. The molecule has 144 valence electrons. The summed E-state index contributed by atoms with van der Waals surface area (Å²) < 4.78 is 0. The van der Waals surface area contributed by atoms with Crippen LogP contribution in [0.15, 0.2) is 64.0 Å². The second kappa shape index (κ2) is 10.1. The van der Waals surface area contributed by atoms with Crippen molar-refractivity contribution in [2.45, 2.75) is 66.7 Å². The van der Waals surface area contributed by atoms with Gasteiger partial charge in [0, 0.05) is 22.2 Å². The minimum atomic E-state index is 0.154. The van der Waals surface area contributed by atoms with Crippen LogP contribution in [0.4, 0.5) is 0 Å². The summed E-state index contributed by atoms with van der Waals surface area (Å²) in [6.45, 7) is 10.7. The normalized spacial score (nSPS) is 12.5. The molecule has 0 unspecified atom stereocenters. The van der Waals surface area contributed by atoms with E-state index in [9.17, 15) is 4.79 Å². The Morgan fingerprint density at radius 1 is 0.926 bits per heavy atom. The minimum absolute atomic E-state index is 0.154. The molecule has 2 heteroatoms. The fourth-order valence-corrected chi connectivity index (χ4v) is 3.26. The third kappa shape index (κ3) is 6.39. The molecule has 0 amide bonds. The number of allylic oxidation sites excluding steroid dienone is 6. The zero-order chi connectivity index (χ0) is 19.8. The SMILES string of the molecule is CC(C)=CCC/C(C)=C/CC/C(C)=C\Cc1c(C)[nH]c2ccccc2c1=O. The molecule has 2 aromatic rings.